The standard InChI is InChI=1S/C14H22N2O/c1-2-3-5-12-7-9-13(10-8-12)16-11-4-6-14(15)17/h7-10,16H,2-6,11H2,1H3,(H2,15,17). The van der Waals surface area contributed by atoms with E-state index in [-0.39, 0.29) is 5.91 Å². The average Bonchev–Trinajstić information content (AvgIpc) is 2.33. The van der Waals surface area contributed by atoms with Crippen LogP contribution < -0.4 is 11.1 Å². The predicted octanol–water partition coefficient (Wildman–Crippen LogP) is 2.71. The molecule has 0 aliphatic rings. The van der Waals surface area contributed by atoms with Gasteiger partial charge in [0.25, 0.3) is 0 Å². The SMILES string of the molecule is CCCCc1ccc(NCCCC(N)=O)cc1. The first-order valence-electron chi connectivity index (χ1n) is 6.33. The molecule has 0 bridgehead atoms. The molecule has 3 N–H and O–H groups in total. The molecule has 3 nitrogen and oxygen atoms in total. The summed E-state index contributed by atoms with van der Waals surface area (Å²) in [7, 11) is 0. The molecule has 0 aliphatic heterocycles. The van der Waals surface area contributed by atoms with Gasteiger partial charge in [0.1, 0.15) is 0 Å². The van der Waals surface area contributed by atoms with E-state index in [1.54, 1.807) is 0 Å². The number of anilines is 1. The van der Waals surface area contributed by atoms with Gasteiger partial charge in [-0.1, -0.05) is 25.5 Å². The molecule has 1 aromatic rings. The zero-order chi connectivity index (χ0) is 12.5. The van der Waals surface area contributed by atoms with Crippen LogP contribution in [0.25, 0.3) is 0 Å². The second-order valence-corrected chi connectivity index (χ2v) is 4.30. The molecule has 0 unspecified atom stereocenters. The van der Waals surface area contributed by atoms with Gasteiger partial charge in [0.15, 0.2) is 0 Å². The number of carbonyl (C=O) groups is 1. The Hall–Kier alpha value is -1.51. The van der Waals surface area contributed by atoms with E-state index < -0.39 is 0 Å². The highest BCUT2D eigenvalue weighted by Gasteiger charge is 1.96. The highest BCUT2D eigenvalue weighted by atomic mass is 16.1. The molecule has 0 spiro atoms. The lowest BCUT2D eigenvalue weighted by Gasteiger charge is -2.06. The quantitative estimate of drug-likeness (QED) is 0.679. The van der Waals surface area contributed by atoms with Crippen molar-refractivity contribution in [1.82, 2.24) is 0 Å². The van der Waals surface area contributed by atoms with Gasteiger partial charge in [0.2, 0.25) is 5.91 Å². The van der Waals surface area contributed by atoms with Crippen molar-refractivity contribution in [3.05, 3.63) is 29.8 Å². The van der Waals surface area contributed by atoms with Crippen molar-refractivity contribution in [2.24, 2.45) is 5.73 Å². The zero-order valence-corrected chi connectivity index (χ0v) is 10.5. The summed E-state index contributed by atoms with van der Waals surface area (Å²) in [5.41, 5.74) is 7.56. The molecule has 0 aromatic heterocycles. The number of hydrogen-bond donors (Lipinski definition) is 2. The minimum Gasteiger partial charge on any atom is -0.385 e. The number of primary amides is 1. The second-order valence-electron chi connectivity index (χ2n) is 4.30. The summed E-state index contributed by atoms with van der Waals surface area (Å²) in [6.45, 7) is 2.99. The Morgan fingerprint density at radius 3 is 2.53 bits per heavy atom. The van der Waals surface area contributed by atoms with Crippen LogP contribution in [0.2, 0.25) is 0 Å². The van der Waals surface area contributed by atoms with Crippen LogP contribution in [-0.2, 0) is 11.2 Å². The smallest absolute Gasteiger partial charge is 0.217 e. The Labute approximate surface area is 103 Å². The number of benzene rings is 1. The molecule has 0 heterocycles. The molecule has 0 atom stereocenters. The average molecular weight is 234 g/mol. The van der Waals surface area contributed by atoms with Crippen LogP contribution in [0.4, 0.5) is 5.69 Å². The van der Waals surface area contributed by atoms with Gasteiger partial charge in [-0.05, 0) is 37.0 Å². The molecule has 3 heteroatoms. The maximum Gasteiger partial charge on any atom is 0.217 e. The summed E-state index contributed by atoms with van der Waals surface area (Å²) in [4.78, 5) is 10.6. The Bertz CT molecular complexity index is 333. The van der Waals surface area contributed by atoms with Crippen LogP contribution in [0.3, 0.4) is 0 Å². The summed E-state index contributed by atoms with van der Waals surface area (Å²) in [5, 5.41) is 3.28. The number of unbranched alkanes of at least 4 members (excludes halogenated alkanes) is 1. The highest BCUT2D eigenvalue weighted by molar-refractivity contribution is 5.73. The molecule has 0 fully saturated rings. The molecule has 1 amide bonds. The van der Waals surface area contributed by atoms with Gasteiger partial charge in [-0.25, -0.2) is 0 Å². The van der Waals surface area contributed by atoms with Crippen LogP contribution in [-0.4, -0.2) is 12.5 Å². The van der Waals surface area contributed by atoms with Gasteiger partial charge < -0.3 is 11.1 Å². The van der Waals surface area contributed by atoms with E-state index >= 15 is 0 Å². The normalized spacial score (nSPS) is 10.2. The number of nitrogens with one attached hydrogen (secondary N) is 1. The fourth-order valence-corrected chi connectivity index (χ4v) is 1.67. The Morgan fingerprint density at radius 1 is 1.24 bits per heavy atom. The first-order chi connectivity index (χ1) is 8.22. The molecule has 0 radical (unpaired) electrons. The van der Waals surface area contributed by atoms with E-state index in [9.17, 15) is 4.79 Å². The number of aryl methyl sites for hydroxylation is 1. The summed E-state index contributed by atoms with van der Waals surface area (Å²) in [5.74, 6) is -0.235. The number of rotatable bonds is 8. The topological polar surface area (TPSA) is 55.1 Å². The van der Waals surface area contributed by atoms with Crippen molar-refractivity contribution in [2.45, 2.75) is 39.0 Å². The summed E-state index contributed by atoms with van der Waals surface area (Å²) >= 11 is 0. The first-order valence-corrected chi connectivity index (χ1v) is 6.33. The van der Waals surface area contributed by atoms with E-state index in [0.717, 1.165) is 25.1 Å². The number of nitrogens with two attached hydrogens (primary N) is 1. The molecule has 94 valence electrons. The van der Waals surface area contributed by atoms with E-state index in [1.165, 1.54) is 18.4 Å². The lowest BCUT2D eigenvalue weighted by Crippen LogP contribution is -2.12. The maximum atomic E-state index is 10.6. The van der Waals surface area contributed by atoms with Gasteiger partial charge in [-0.2, -0.15) is 0 Å². The molecule has 1 aromatic carbocycles. The predicted molar refractivity (Wildman–Crippen MR) is 72.0 cm³/mol. The van der Waals surface area contributed by atoms with Gasteiger partial charge in [0, 0.05) is 18.7 Å². The van der Waals surface area contributed by atoms with E-state index in [0.29, 0.717) is 6.42 Å². The van der Waals surface area contributed by atoms with Crippen molar-refractivity contribution in [1.29, 1.82) is 0 Å². The van der Waals surface area contributed by atoms with Crippen LogP contribution in [0, 0.1) is 0 Å². The third-order valence-corrected chi connectivity index (χ3v) is 2.70. The monoisotopic (exact) mass is 234 g/mol. The fraction of sp³-hybridized carbons (Fsp3) is 0.500. The van der Waals surface area contributed by atoms with Gasteiger partial charge >= 0.3 is 0 Å². The minimum absolute atomic E-state index is 0.235. The molecule has 0 saturated heterocycles. The third kappa shape index (κ3) is 5.95. The molecule has 0 aliphatic carbocycles. The molecule has 1 rings (SSSR count). The number of amides is 1. The lowest BCUT2D eigenvalue weighted by atomic mass is 10.1. The number of hydrogen-bond acceptors (Lipinski definition) is 2. The van der Waals surface area contributed by atoms with Crippen LogP contribution in [0.1, 0.15) is 38.2 Å². The van der Waals surface area contributed by atoms with Crippen molar-refractivity contribution >= 4 is 11.6 Å². The van der Waals surface area contributed by atoms with Gasteiger partial charge in [-0.15, -0.1) is 0 Å². The van der Waals surface area contributed by atoms with Crippen LogP contribution >= 0.6 is 0 Å². The van der Waals surface area contributed by atoms with Crippen LogP contribution in [0.5, 0.6) is 0 Å². The van der Waals surface area contributed by atoms with Gasteiger partial charge in [-0.3, -0.25) is 4.79 Å². The molecule has 0 saturated carbocycles. The van der Waals surface area contributed by atoms with Crippen molar-refractivity contribution in [2.75, 3.05) is 11.9 Å². The highest BCUT2D eigenvalue weighted by Crippen LogP contribution is 2.11. The molecular weight excluding hydrogens is 212 g/mol. The molecular formula is C14H22N2O. The van der Waals surface area contributed by atoms with E-state index in [1.807, 2.05) is 0 Å². The Kier molecular flexibility index (Phi) is 6.15. The first kappa shape index (κ1) is 13.6. The Balaban J connectivity index is 2.27. The summed E-state index contributed by atoms with van der Waals surface area (Å²) in [6.07, 6.45) is 4.85. The molecule has 17 heavy (non-hydrogen) atoms. The van der Waals surface area contributed by atoms with E-state index in [2.05, 4.69) is 36.5 Å². The second kappa shape index (κ2) is 7.71. The lowest BCUT2D eigenvalue weighted by molar-refractivity contribution is -0.118. The maximum absolute atomic E-state index is 10.6. The van der Waals surface area contributed by atoms with Crippen molar-refractivity contribution in [3.63, 3.8) is 0 Å². The van der Waals surface area contributed by atoms with Crippen LogP contribution in [0.15, 0.2) is 24.3 Å². The number of carbonyl (C=O) groups excluding carboxylic acids is 1. The zero-order valence-electron chi connectivity index (χ0n) is 10.5. The largest absolute Gasteiger partial charge is 0.385 e. The fourth-order valence-electron chi connectivity index (χ4n) is 1.67. The minimum atomic E-state index is -0.235. The van der Waals surface area contributed by atoms with Gasteiger partial charge in [0.05, 0.1) is 0 Å². The van der Waals surface area contributed by atoms with Crippen molar-refractivity contribution < 1.29 is 4.79 Å². The van der Waals surface area contributed by atoms with Crippen molar-refractivity contribution in [3.8, 4) is 0 Å². The third-order valence-electron chi connectivity index (χ3n) is 2.70. The summed E-state index contributed by atoms with van der Waals surface area (Å²) < 4.78 is 0. The van der Waals surface area contributed by atoms with E-state index in [4.69, 9.17) is 5.73 Å². The Morgan fingerprint density at radius 2 is 1.94 bits per heavy atom. The summed E-state index contributed by atoms with van der Waals surface area (Å²) in [6, 6.07) is 8.50.